The normalized spacial score (nSPS) is 10.5. The Hall–Kier alpha value is -4.06. The number of benzene rings is 3. The molecule has 0 unspecified atom stereocenters. The minimum atomic E-state index is -0.306. The van der Waals surface area contributed by atoms with Gasteiger partial charge < -0.3 is 10.1 Å². The molecule has 0 aliphatic rings. The highest BCUT2D eigenvalue weighted by atomic mass is 19.1. The van der Waals surface area contributed by atoms with Crippen molar-refractivity contribution in [3.05, 3.63) is 108 Å². The summed E-state index contributed by atoms with van der Waals surface area (Å²) in [6, 6.07) is 21.0. The third kappa shape index (κ3) is 5.11. The van der Waals surface area contributed by atoms with Gasteiger partial charge in [-0.25, -0.2) is 14.4 Å². The first kappa shape index (κ1) is 20.2. The molecule has 4 aromatic rings. The molecule has 0 saturated heterocycles. The fraction of sp³-hybridized carbons (Fsp3) is 0.0800. The Balaban J connectivity index is 1.36. The number of aromatic nitrogens is 2. The monoisotopic (exact) mass is 413 g/mol. The maximum Gasteiger partial charge on any atom is 0.321 e. The van der Waals surface area contributed by atoms with Crippen LogP contribution in [-0.4, -0.2) is 15.9 Å². The number of carbonyl (C=O) groups excluding carboxylic acids is 1. The van der Waals surface area contributed by atoms with E-state index in [4.69, 9.17) is 4.74 Å². The number of nitrogens with one attached hydrogen (secondary N) is 1. The summed E-state index contributed by atoms with van der Waals surface area (Å²) >= 11 is 0. The van der Waals surface area contributed by atoms with Crippen molar-refractivity contribution in [2.75, 3.05) is 0 Å². The Morgan fingerprint density at radius 3 is 2.29 bits per heavy atom. The molecule has 0 atom stereocenters. The second-order valence-electron chi connectivity index (χ2n) is 7.00. The van der Waals surface area contributed by atoms with Crippen molar-refractivity contribution >= 4 is 5.91 Å². The smallest absolute Gasteiger partial charge is 0.321 e. The molecule has 0 bridgehead atoms. The lowest BCUT2D eigenvalue weighted by molar-refractivity contribution is 0.0951. The molecule has 1 aromatic heterocycles. The second-order valence-corrected chi connectivity index (χ2v) is 7.00. The number of rotatable bonds is 6. The van der Waals surface area contributed by atoms with E-state index in [-0.39, 0.29) is 17.7 Å². The Kier molecular flexibility index (Phi) is 5.98. The van der Waals surface area contributed by atoms with Gasteiger partial charge in [-0.2, -0.15) is 0 Å². The first-order chi connectivity index (χ1) is 15.1. The van der Waals surface area contributed by atoms with Crippen LogP contribution in [0.1, 0.15) is 21.5 Å². The van der Waals surface area contributed by atoms with Crippen molar-refractivity contribution in [3.63, 3.8) is 0 Å². The highest BCUT2D eigenvalue weighted by molar-refractivity contribution is 5.94. The van der Waals surface area contributed by atoms with Crippen LogP contribution in [0.2, 0.25) is 0 Å². The lowest BCUT2D eigenvalue weighted by Gasteiger charge is -2.08. The minimum absolute atomic E-state index is 0.227. The number of hydrogen-bond acceptors (Lipinski definition) is 4. The van der Waals surface area contributed by atoms with E-state index in [1.54, 1.807) is 48.8 Å². The molecule has 4 rings (SSSR count). The van der Waals surface area contributed by atoms with Crippen molar-refractivity contribution in [3.8, 4) is 22.9 Å². The Labute approximate surface area is 179 Å². The summed E-state index contributed by atoms with van der Waals surface area (Å²) in [5.41, 5.74) is 4.45. The quantitative estimate of drug-likeness (QED) is 0.465. The highest BCUT2D eigenvalue weighted by Crippen LogP contribution is 2.24. The molecule has 0 fully saturated rings. The molecule has 1 heterocycles. The van der Waals surface area contributed by atoms with Crippen molar-refractivity contribution in [2.45, 2.75) is 13.5 Å². The van der Waals surface area contributed by atoms with Gasteiger partial charge >= 0.3 is 6.01 Å². The molecular weight excluding hydrogens is 393 g/mol. The Bertz CT molecular complexity index is 1170. The van der Waals surface area contributed by atoms with Gasteiger partial charge in [0, 0.05) is 30.1 Å². The average Bonchev–Trinajstić information content (AvgIpc) is 2.80. The lowest BCUT2D eigenvalue weighted by Crippen LogP contribution is -2.22. The maximum atomic E-state index is 12.9. The molecule has 0 radical (unpaired) electrons. The molecule has 5 nitrogen and oxygen atoms in total. The summed E-state index contributed by atoms with van der Waals surface area (Å²) < 4.78 is 18.6. The third-order valence-electron chi connectivity index (χ3n) is 4.78. The predicted molar refractivity (Wildman–Crippen MR) is 116 cm³/mol. The van der Waals surface area contributed by atoms with E-state index >= 15 is 0 Å². The van der Waals surface area contributed by atoms with E-state index in [0.29, 0.717) is 17.9 Å². The average molecular weight is 413 g/mol. The summed E-state index contributed by atoms with van der Waals surface area (Å²) in [6.07, 6.45) is 3.45. The Morgan fingerprint density at radius 2 is 1.61 bits per heavy atom. The summed E-state index contributed by atoms with van der Waals surface area (Å²) in [6.45, 7) is 2.36. The summed E-state index contributed by atoms with van der Waals surface area (Å²) in [5, 5.41) is 2.80. The SMILES string of the molecule is Cc1ccccc1-c1cnc(Oc2ccc(C(=O)NCc3ccc(F)cc3)cc2)nc1. The molecule has 3 aromatic carbocycles. The van der Waals surface area contributed by atoms with Gasteiger partial charge in [0.2, 0.25) is 0 Å². The summed E-state index contributed by atoms with van der Waals surface area (Å²) in [4.78, 5) is 20.9. The fourth-order valence-corrected chi connectivity index (χ4v) is 3.07. The van der Waals surface area contributed by atoms with Crippen LogP contribution in [0.25, 0.3) is 11.1 Å². The number of nitrogens with zero attached hydrogens (tertiary/aromatic N) is 2. The summed E-state index contributed by atoms with van der Waals surface area (Å²) in [7, 11) is 0. The molecule has 0 spiro atoms. The van der Waals surface area contributed by atoms with Crippen LogP contribution in [-0.2, 0) is 6.54 Å². The zero-order chi connectivity index (χ0) is 21.6. The Morgan fingerprint density at radius 1 is 0.935 bits per heavy atom. The van der Waals surface area contributed by atoms with E-state index < -0.39 is 0 Å². The van der Waals surface area contributed by atoms with Crippen molar-refractivity contribution in [1.29, 1.82) is 0 Å². The summed E-state index contributed by atoms with van der Waals surface area (Å²) in [5.74, 6) is -0.00657. The van der Waals surface area contributed by atoms with Crippen LogP contribution >= 0.6 is 0 Å². The van der Waals surface area contributed by atoms with Gasteiger partial charge in [0.05, 0.1) is 0 Å². The molecular formula is C25H20FN3O2. The van der Waals surface area contributed by atoms with Gasteiger partial charge in [-0.15, -0.1) is 0 Å². The van der Waals surface area contributed by atoms with Gasteiger partial charge in [-0.1, -0.05) is 36.4 Å². The van der Waals surface area contributed by atoms with E-state index in [1.807, 2.05) is 31.2 Å². The number of carbonyl (C=O) groups is 1. The first-order valence-electron chi connectivity index (χ1n) is 9.77. The lowest BCUT2D eigenvalue weighted by atomic mass is 10.0. The molecule has 31 heavy (non-hydrogen) atoms. The topological polar surface area (TPSA) is 64.1 Å². The van der Waals surface area contributed by atoms with Gasteiger partial charge in [0.15, 0.2) is 0 Å². The zero-order valence-electron chi connectivity index (χ0n) is 16.9. The van der Waals surface area contributed by atoms with E-state index in [9.17, 15) is 9.18 Å². The third-order valence-corrected chi connectivity index (χ3v) is 4.78. The van der Waals surface area contributed by atoms with Crippen LogP contribution in [0, 0.1) is 12.7 Å². The number of amides is 1. The molecule has 6 heteroatoms. The van der Waals surface area contributed by atoms with E-state index in [2.05, 4.69) is 15.3 Å². The molecule has 1 amide bonds. The largest absolute Gasteiger partial charge is 0.424 e. The van der Waals surface area contributed by atoms with Crippen LogP contribution < -0.4 is 10.1 Å². The van der Waals surface area contributed by atoms with Crippen molar-refractivity contribution < 1.29 is 13.9 Å². The van der Waals surface area contributed by atoms with Crippen LogP contribution in [0.5, 0.6) is 11.8 Å². The zero-order valence-corrected chi connectivity index (χ0v) is 16.9. The second kappa shape index (κ2) is 9.17. The molecule has 1 N–H and O–H groups in total. The van der Waals surface area contributed by atoms with Gasteiger partial charge in [0.25, 0.3) is 5.91 Å². The predicted octanol–water partition coefficient (Wildman–Crippen LogP) is 5.31. The van der Waals surface area contributed by atoms with Crippen LogP contribution in [0.15, 0.2) is 85.2 Å². The van der Waals surface area contributed by atoms with Gasteiger partial charge in [-0.3, -0.25) is 4.79 Å². The van der Waals surface area contributed by atoms with Crippen molar-refractivity contribution in [1.82, 2.24) is 15.3 Å². The number of ether oxygens (including phenoxy) is 1. The van der Waals surface area contributed by atoms with Gasteiger partial charge in [-0.05, 0) is 60.0 Å². The standard InChI is InChI=1S/C25H20FN3O2/c1-17-4-2-3-5-23(17)20-15-28-25(29-16-20)31-22-12-8-19(9-13-22)24(30)27-14-18-6-10-21(26)11-7-18/h2-13,15-16H,14H2,1H3,(H,27,30). The molecule has 0 aliphatic heterocycles. The fourth-order valence-electron chi connectivity index (χ4n) is 3.07. The maximum absolute atomic E-state index is 12.9. The minimum Gasteiger partial charge on any atom is -0.424 e. The van der Waals surface area contributed by atoms with Crippen molar-refractivity contribution in [2.24, 2.45) is 0 Å². The van der Waals surface area contributed by atoms with Crippen LogP contribution in [0.3, 0.4) is 0 Å². The van der Waals surface area contributed by atoms with Gasteiger partial charge in [0.1, 0.15) is 11.6 Å². The van der Waals surface area contributed by atoms with E-state index in [1.165, 1.54) is 12.1 Å². The van der Waals surface area contributed by atoms with Crippen LogP contribution in [0.4, 0.5) is 4.39 Å². The number of halogens is 1. The number of aryl methyl sites for hydroxylation is 1. The molecule has 154 valence electrons. The van der Waals surface area contributed by atoms with E-state index in [0.717, 1.165) is 22.3 Å². The molecule has 0 saturated carbocycles. The first-order valence-corrected chi connectivity index (χ1v) is 9.77. The number of hydrogen-bond donors (Lipinski definition) is 1. The highest BCUT2D eigenvalue weighted by Gasteiger charge is 2.08. The molecule has 0 aliphatic carbocycles.